The Morgan fingerprint density at radius 3 is 2.66 bits per heavy atom. The maximum absolute atomic E-state index is 14.4. The number of nitrogens with zero attached hydrogens (tertiary/aromatic N) is 2. The molecule has 7 atom stereocenters. The summed E-state index contributed by atoms with van der Waals surface area (Å²) in [6.45, 7) is 11.6. The minimum absolute atomic E-state index is 0.0386. The minimum Gasteiger partial charge on any atom is -0.461 e. The predicted molar refractivity (Wildman–Crippen MR) is 143 cm³/mol. The number of rotatable bonds is 13. The third kappa shape index (κ3) is 4.80. The van der Waals surface area contributed by atoms with Gasteiger partial charge in [0.1, 0.15) is 18.2 Å². The van der Waals surface area contributed by atoms with E-state index in [0.29, 0.717) is 25.8 Å². The lowest BCUT2D eigenvalue weighted by molar-refractivity contribution is -0.156. The summed E-state index contributed by atoms with van der Waals surface area (Å²) >= 11 is 0. The first-order valence-corrected chi connectivity index (χ1v) is 13.7. The second-order valence-corrected chi connectivity index (χ2v) is 10.7. The average molecular weight is 525 g/mol. The van der Waals surface area contributed by atoms with Crippen LogP contribution in [0.1, 0.15) is 45.1 Å². The van der Waals surface area contributed by atoms with Gasteiger partial charge < -0.3 is 24.4 Å². The Kier molecular flexibility index (Phi) is 8.73. The molecule has 2 amide bonds. The SMILES string of the molecule is C=CCOC(=O)[C@@H]1[C@H]2C(=O)N([C@@H](CO)Cc3ccccc3)C(C(=O)N(CC=C)C(C)CCC)C23CC[C@H]1O3. The summed E-state index contributed by atoms with van der Waals surface area (Å²) < 4.78 is 11.9. The standard InChI is InChI=1S/C30H40N2O6/c1-5-11-20(4)31(16-6-2)28(35)26-30-15-14-23(38-30)24(29(36)37-17-7-3)25(30)27(34)32(26)22(19-33)18-21-12-9-8-10-13-21/h6-10,12-13,20,22-26,33H,2-3,5,11,14-19H2,1,4H3/t20?,22-,23-,24+,25+,26?,30?/m1/s1. The van der Waals surface area contributed by atoms with Crippen LogP contribution in [0.25, 0.3) is 0 Å². The Labute approximate surface area is 225 Å². The summed E-state index contributed by atoms with van der Waals surface area (Å²) in [6.07, 6.45) is 5.80. The predicted octanol–water partition coefficient (Wildman–Crippen LogP) is 2.90. The van der Waals surface area contributed by atoms with Crippen molar-refractivity contribution in [1.29, 1.82) is 0 Å². The van der Waals surface area contributed by atoms with Crippen molar-refractivity contribution in [3.8, 4) is 0 Å². The van der Waals surface area contributed by atoms with E-state index in [0.717, 1.165) is 18.4 Å². The molecule has 206 valence electrons. The van der Waals surface area contributed by atoms with Crippen molar-refractivity contribution in [3.63, 3.8) is 0 Å². The Morgan fingerprint density at radius 2 is 2.03 bits per heavy atom. The fourth-order valence-corrected chi connectivity index (χ4v) is 6.76. The van der Waals surface area contributed by atoms with E-state index in [9.17, 15) is 19.5 Å². The van der Waals surface area contributed by atoms with E-state index in [2.05, 4.69) is 20.1 Å². The monoisotopic (exact) mass is 524 g/mol. The number of carbonyl (C=O) groups is 3. The van der Waals surface area contributed by atoms with Crippen LogP contribution in [0, 0.1) is 11.8 Å². The number of aliphatic hydroxyl groups is 1. The van der Waals surface area contributed by atoms with Crippen molar-refractivity contribution < 1.29 is 29.0 Å². The van der Waals surface area contributed by atoms with Gasteiger partial charge in [0.15, 0.2) is 0 Å². The first-order valence-electron chi connectivity index (χ1n) is 13.7. The van der Waals surface area contributed by atoms with Crippen molar-refractivity contribution in [2.75, 3.05) is 19.8 Å². The van der Waals surface area contributed by atoms with E-state index in [-0.39, 0.29) is 31.1 Å². The van der Waals surface area contributed by atoms with Crippen LogP contribution in [0.4, 0.5) is 0 Å². The topological polar surface area (TPSA) is 96.4 Å². The maximum atomic E-state index is 14.4. The zero-order valence-corrected chi connectivity index (χ0v) is 22.5. The molecule has 3 fully saturated rings. The van der Waals surface area contributed by atoms with Crippen LogP contribution in [0.15, 0.2) is 55.6 Å². The summed E-state index contributed by atoms with van der Waals surface area (Å²) in [5.74, 6) is -2.71. The number of carbonyl (C=O) groups excluding carboxylic acids is 3. The molecular weight excluding hydrogens is 484 g/mol. The van der Waals surface area contributed by atoms with Gasteiger partial charge in [-0.25, -0.2) is 0 Å². The number of amides is 2. The molecule has 1 aromatic carbocycles. The van der Waals surface area contributed by atoms with E-state index < -0.39 is 41.6 Å². The molecule has 1 aromatic rings. The molecule has 0 saturated carbocycles. The third-order valence-electron chi connectivity index (χ3n) is 8.35. The van der Waals surface area contributed by atoms with E-state index in [1.807, 2.05) is 37.3 Å². The zero-order chi connectivity index (χ0) is 27.4. The highest BCUT2D eigenvalue weighted by atomic mass is 16.6. The smallest absolute Gasteiger partial charge is 0.312 e. The number of aliphatic hydroxyl groups excluding tert-OH is 1. The van der Waals surface area contributed by atoms with Gasteiger partial charge in [0, 0.05) is 12.6 Å². The van der Waals surface area contributed by atoms with Crippen LogP contribution in [0.2, 0.25) is 0 Å². The van der Waals surface area contributed by atoms with E-state index in [1.165, 1.54) is 11.0 Å². The molecular formula is C30H40N2O6. The van der Waals surface area contributed by atoms with E-state index in [4.69, 9.17) is 9.47 Å². The lowest BCUT2D eigenvalue weighted by atomic mass is 9.70. The summed E-state index contributed by atoms with van der Waals surface area (Å²) in [7, 11) is 0. The lowest BCUT2D eigenvalue weighted by Crippen LogP contribution is -2.60. The molecule has 3 aliphatic heterocycles. The third-order valence-corrected chi connectivity index (χ3v) is 8.35. The van der Waals surface area contributed by atoms with Gasteiger partial charge in [-0.05, 0) is 38.2 Å². The van der Waals surface area contributed by atoms with Gasteiger partial charge in [-0.1, -0.05) is 62.4 Å². The fraction of sp³-hybridized carbons (Fsp3) is 0.567. The second kappa shape index (κ2) is 11.8. The molecule has 3 aliphatic rings. The Bertz CT molecular complexity index is 1040. The van der Waals surface area contributed by atoms with E-state index >= 15 is 0 Å². The Morgan fingerprint density at radius 1 is 1.29 bits per heavy atom. The van der Waals surface area contributed by atoms with Crippen molar-refractivity contribution in [1.82, 2.24) is 9.80 Å². The number of ether oxygens (including phenoxy) is 2. The molecule has 38 heavy (non-hydrogen) atoms. The van der Waals surface area contributed by atoms with Crippen molar-refractivity contribution in [2.45, 2.75) is 75.8 Å². The van der Waals surface area contributed by atoms with E-state index in [1.54, 1.807) is 11.0 Å². The highest BCUT2D eigenvalue weighted by Gasteiger charge is 2.75. The highest BCUT2D eigenvalue weighted by Crippen LogP contribution is 2.59. The first-order chi connectivity index (χ1) is 18.3. The molecule has 2 bridgehead atoms. The molecule has 8 nitrogen and oxygen atoms in total. The molecule has 3 heterocycles. The van der Waals surface area contributed by atoms with Crippen LogP contribution in [0.3, 0.4) is 0 Å². The van der Waals surface area contributed by atoms with Gasteiger partial charge in [-0.3, -0.25) is 14.4 Å². The van der Waals surface area contributed by atoms with Crippen LogP contribution < -0.4 is 0 Å². The van der Waals surface area contributed by atoms with Crippen LogP contribution in [-0.4, -0.2) is 82.3 Å². The number of benzene rings is 1. The number of esters is 1. The fourth-order valence-electron chi connectivity index (χ4n) is 6.76. The molecule has 0 radical (unpaired) electrons. The molecule has 3 unspecified atom stereocenters. The molecule has 0 aromatic heterocycles. The summed E-state index contributed by atoms with van der Waals surface area (Å²) in [4.78, 5) is 45.1. The molecule has 1 N–H and O–H groups in total. The van der Waals surface area contributed by atoms with Crippen molar-refractivity contribution >= 4 is 17.8 Å². The van der Waals surface area contributed by atoms with Crippen LogP contribution in [0.5, 0.6) is 0 Å². The van der Waals surface area contributed by atoms with Gasteiger partial charge in [0.05, 0.1) is 30.6 Å². The summed E-state index contributed by atoms with van der Waals surface area (Å²) in [5.41, 5.74) is -0.207. The Balaban J connectivity index is 1.78. The number of hydrogen-bond donors (Lipinski definition) is 1. The average Bonchev–Trinajstić information content (AvgIpc) is 3.56. The Hall–Kier alpha value is -2.97. The molecule has 4 rings (SSSR count). The van der Waals surface area contributed by atoms with Crippen molar-refractivity contribution in [3.05, 3.63) is 61.2 Å². The molecule has 3 saturated heterocycles. The quantitative estimate of drug-likeness (QED) is 0.315. The van der Waals surface area contributed by atoms with Crippen LogP contribution in [-0.2, 0) is 30.3 Å². The molecule has 8 heteroatoms. The summed E-state index contributed by atoms with van der Waals surface area (Å²) in [6, 6.07) is 7.89. The lowest BCUT2D eigenvalue weighted by Gasteiger charge is -2.41. The number of hydrogen-bond acceptors (Lipinski definition) is 6. The molecule has 1 spiro atoms. The second-order valence-electron chi connectivity index (χ2n) is 10.7. The normalized spacial score (nSPS) is 29.0. The summed E-state index contributed by atoms with van der Waals surface area (Å²) in [5, 5.41) is 10.5. The first kappa shape index (κ1) is 28.0. The van der Waals surface area contributed by atoms with Crippen molar-refractivity contribution in [2.24, 2.45) is 11.8 Å². The van der Waals surface area contributed by atoms with Gasteiger partial charge in [-0.2, -0.15) is 0 Å². The largest absolute Gasteiger partial charge is 0.461 e. The van der Waals surface area contributed by atoms with Gasteiger partial charge >= 0.3 is 5.97 Å². The number of likely N-dealkylation sites (tertiary alicyclic amines) is 1. The van der Waals surface area contributed by atoms with Gasteiger partial charge in [0.2, 0.25) is 11.8 Å². The molecule has 0 aliphatic carbocycles. The minimum atomic E-state index is -1.15. The van der Waals surface area contributed by atoms with Gasteiger partial charge in [-0.15, -0.1) is 6.58 Å². The maximum Gasteiger partial charge on any atom is 0.312 e. The highest BCUT2D eigenvalue weighted by molar-refractivity contribution is 5.98. The van der Waals surface area contributed by atoms with Gasteiger partial charge in [0.25, 0.3) is 0 Å². The number of fused-ring (bicyclic) bond motifs is 1. The van der Waals surface area contributed by atoms with Crippen LogP contribution >= 0.6 is 0 Å². The zero-order valence-electron chi connectivity index (χ0n) is 22.5.